The van der Waals surface area contributed by atoms with Crippen molar-refractivity contribution in [1.29, 1.82) is 0 Å². The molecule has 70 valence electrons. The molecule has 0 amide bonds. The molecule has 0 heterocycles. The molecule has 1 atom stereocenters. The van der Waals surface area contributed by atoms with E-state index in [0.717, 1.165) is 12.8 Å². The maximum atomic E-state index is 10.5. The Hall–Kier alpha value is -0.790. The Morgan fingerprint density at radius 3 is 2.50 bits per heavy atom. The standard InChI is InChI=1S/C10H18O2/c1-4-5-6-7-8(2)9(3)10(11)12/h8H,3-7H2,1-2H3,(H,11,12). The van der Waals surface area contributed by atoms with Gasteiger partial charge in [0.1, 0.15) is 0 Å². The molecule has 0 aromatic carbocycles. The quantitative estimate of drug-likeness (QED) is 0.491. The number of carboxylic acids is 1. The molecule has 0 spiro atoms. The second kappa shape index (κ2) is 5.81. The zero-order chi connectivity index (χ0) is 9.56. The fourth-order valence-electron chi connectivity index (χ4n) is 1.09. The smallest absolute Gasteiger partial charge is 0.331 e. The number of rotatable bonds is 6. The summed E-state index contributed by atoms with van der Waals surface area (Å²) >= 11 is 0. The number of carbonyl (C=O) groups is 1. The first-order valence-electron chi connectivity index (χ1n) is 4.51. The molecule has 0 rings (SSSR count). The third kappa shape index (κ3) is 4.16. The van der Waals surface area contributed by atoms with Gasteiger partial charge >= 0.3 is 5.97 Å². The van der Waals surface area contributed by atoms with Crippen molar-refractivity contribution < 1.29 is 9.90 Å². The molecule has 2 heteroatoms. The number of unbranched alkanes of at least 4 members (excludes halogenated alkanes) is 2. The van der Waals surface area contributed by atoms with Gasteiger partial charge in [-0.1, -0.05) is 39.7 Å². The highest BCUT2D eigenvalue weighted by Gasteiger charge is 2.12. The van der Waals surface area contributed by atoms with Crippen LogP contribution in [0.2, 0.25) is 0 Å². The number of hydrogen-bond donors (Lipinski definition) is 1. The minimum Gasteiger partial charge on any atom is -0.478 e. The van der Waals surface area contributed by atoms with Gasteiger partial charge in [0.25, 0.3) is 0 Å². The van der Waals surface area contributed by atoms with E-state index in [4.69, 9.17) is 5.11 Å². The maximum Gasteiger partial charge on any atom is 0.331 e. The molecule has 0 aliphatic rings. The van der Waals surface area contributed by atoms with Gasteiger partial charge in [-0.05, 0) is 12.3 Å². The normalized spacial score (nSPS) is 12.5. The largest absolute Gasteiger partial charge is 0.478 e. The lowest BCUT2D eigenvalue weighted by molar-refractivity contribution is -0.133. The van der Waals surface area contributed by atoms with E-state index in [9.17, 15) is 4.79 Å². The average molecular weight is 170 g/mol. The Morgan fingerprint density at radius 1 is 1.50 bits per heavy atom. The Kier molecular flexibility index (Phi) is 5.43. The second-order valence-corrected chi connectivity index (χ2v) is 3.23. The van der Waals surface area contributed by atoms with Crippen LogP contribution in [-0.4, -0.2) is 11.1 Å². The van der Waals surface area contributed by atoms with Gasteiger partial charge in [0, 0.05) is 5.57 Å². The van der Waals surface area contributed by atoms with E-state index in [-0.39, 0.29) is 5.92 Å². The molecule has 2 nitrogen and oxygen atoms in total. The van der Waals surface area contributed by atoms with Crippen LogP contribution in [0.4, 0.5) is 0 Å². The van der Waals surface area contributed by atoms with Crippen LogP contribution in [-0.2, 0) is 4.79 Å². The molecular formula is C10H18O2. The maximum absolute atomic E-state index is 10.5. The number of carboxylic acid groups (broad SMARTS) is 1. The summed E-state index contributed by atoms with van der Waals surface area (Å²) in [4.78, 5) is 10.5. The summed E-state index contributed by atoms with van der Waals surface area (Å²) in [7, 11) is 0. The molecule has 12 heavy (non-hydrogen) atoms. The van der Waals surface area contributed by atoms with Crippen LogP contribution in [0.3, 0.4) is 0 Å². The summed E-state index contributed by atoms with van der Waals surface area (Å²) in [5, 5.41) is 8.61. The highest BCUT2D eigenvalue weighted by atomic mass is 16.4. The van der Waals surface area contributed by atoms with Crippen molar-refractivity contribution in [3.05, 3.63) is 12.2 Å². The lowest BCUT2D eigenvalue weighted by atomic mass is 9.96. The van der Waals surface area contributed by atoms with Gasteiger partial charge in [0.05, 0.1) is 0 Å². The highest BCUT2D eigenvalue weighted by molar-refractivity contribution is 5.86. The van der Waals surface area contributed by atoms with Gasteiger partial charge in [-0.3, -0.25) is 0 Å². The third-order valence-electron chi connectivity index (χ3n) is 2.11. The second-order valence-electron chi connectivity index (χ2n) is 3.23. The van der Waals surface area contributed by atoms with E-state index < -0.39 is 5.97 Å². The lowest BCUT2D eigenvalue weighted by Crippen LogP contribution is -2.08. The predicted molar refractivity (Wildman–Crippen MR) is 50.1 cm³/mol. The fraction of sp³-hybridized carbons (Fsp3) is 0.700. The van der Waals surface area contributed by atoms with E-state index >= 15 is 0 Å². The zero-order valence-corrected chi connectivity index (χ0v) is 7.97. The van der Waals surface area contributed by atoms with Gasteiger partial charge in [-0.15, -0.1) is 0 Å². The van der Waals surface area contributed by atoms with Gasteiger partial charge in [-0.2, -0.15) is 0 Å². The van der Waals surface area contributed by atoms with Crippen molar-refractivity contribution in [1.82, 2.24) is 0 Å². The van der Waals surface area contributed by atoms with E-state index in [2.05, 4.69) is 13.5 Å². The summed E-state index contributed by atoms with van der Waals surface area (Å²) in [5.74, 6) is -0.743. The summed E-state index contributed by atoms with van der Waals surface area (Å²) in [6, 6.07) is 0. The van der Waals surface area contributed by atoms with Crippen molar-refractivity contribution in [3.63, 3.8) is 0 Å². The molecule has 0 aromatic heterocycles. The molecule has 0 fully saturated rings. The van der Waals surface area contributed by atoms with Crippen LogP contribution in [0.15, 0.2) is 12.2 Å². The van der Waals surface area contributed by atoms with Gasteiger partial charge in [0.15, 0.2) is 0 Å². The zero-order valence-electron chi connectivity index (χ0n) is 7.97. The minimum absolute atomic E-state index is 0.119. The summed E-state index contributed by atoms with van der Waals surface area (Å²) in [6.07, 6.45) is 4.40. The molecule has 1 N–H and O–H groups in total. The van der Waals surface area contributed by atoms with Crippen molar-refractivity contribution in [2.45, 2.75) is 39.5 Å². The van der Waals surface area contributed by atoms with Crippen LogP contribution in [0.5, 0.6) is 0 Å². The molecular weight excluding hydrogens is 152 g/mol. The summed E-state index contributed by atoms with van der Waals surface area (Å²) < 4.78 is 0. The van der Waals surface area contributed by atoms with Crippen molar-refractivity contribution in [3.8, 4) is 0 Å². The van der Waals surface area contributed by atoms with E-state index in [0.29, 0.717) is 5.57 Å². The molecule has 0 aliphatic carbocycles. The van der Waals surface area contributed by atoms with Crippen molar-refractivity contribution in [2.24, 2.45) is 5.92 Å². The Labute approximate surface area is 74.3 Å². The van der Waals surface area contributed by atoms with Crippen molar-refractivity contribution in [2.75, 3.05) is 0 Å². The predicted octanol–water partition coefficient (Wildman–Crippen LogP) is 2.84. The molecule has 0 aromatic rings. The molecule has 0 bridgehead atoms. The summed E-state index contributed by atoms with van der Waals surface area (Å²) in [5.41, 5.74) is 0.339. The molecule has 0 saturated carbocycles. The minimum atomic E-state index is -0.862. The van der Waals surface area contributed by atoms with Crippen LogP contribution in [0.1, 0.15) is 39.5 Å². The van der Waals surface area contributed by atoms with Gasteiger partial charge < -0.3 is 5.11 Å². The number of hydrogen-bond acceptors (Lipinski definition) is 1. The highest BCUT2D eigenvalue weighted by Crippen LogP contribution is 2.16. The Morgan fingerprint density at radius 2 is 2.08 bits per heavy atom. The Bertz CT molecular complexity index is 161. The fourth-order valence-corrected chi connectivity index (χ4v) is 1.09. The first kappa shape index (κ1) is 11.2. The average Bonchev–Trinajstić information content (AvgIpc) is 2.03. The van der Waals surface area contributed by atoms with Crippen LogP contribution >= 0.6 is 0 Å². The Balaban J connectivity index is 3.64. The SMILES string of the molecule is C=C(C(=O)O)C(C)CCCCC. The molecule has 1 unspecified atom stereocenters. The first-order chi connectivity index (χ1) is 5.59. The number of aliphatic carboxylic acids is 1. The molecule has 0 saturated heterocycles. The van der Waals surface area contributed by atoms with Crippen molar-refractivity contribution >= 4 is 5.97 Å². The van der Waals surface area contributed by atoms with E-state index in [1.807, 2.05) is 6.92 Å². The van der Waals surface area contributed by atoms with E-state index in [1.54, 1.807) is 0 Å². The lowest BCUT2D eigenvalue weighted by Gasteiger charge is -2.09. The molecule has 0 radical (unpaired) electrons. The monoisotopic (exact) mass is 170 g/mol. The third-order valence-corrected chi connectivity index (χ3v) is 2.11. The van der Waals surface area contributed by atoms with Gasteiger partial charge in [-0.25, -0.2) is 4.79 Å². The summed E-state index contributed by atoms with van der Waals surface area (Å²) in [6.45, 7) is 7.59. The first-order valence-corrected chi connectivity index (χ1v) is 4.51. The topological polar surface area (TPSA) is 37.3 Å². The van der Waals surface area contributed by atoms with E-state index in [1.165, 1.54) is 12.8 Å². The van der Waals surface area contributed by atoms with Crippen LogP contribution < -0.4 is 0 Å². The van der Waals surface area contributed by atoms with Crippen LogP contribution in [0, 0.1) is 5.92 Å². The van der Waals surface area contributed by atoms with Crippen LogP contribution in [0.25, 0.3) is 0 Å². The molecule has 0 aliphatic heterocycles. The van der Waals surface area contributed by atoms with Gasteiger partial charge in [0.2, 0.25) is 0 Å².